The van der Waals surface area contributed by atoms with E-state index in [1.54, 1.807) is 6.33 Å². The maximum atomic E-state index is 4.67. The Hall–Kier alpha value is -1.32. The summed E-state index contributed by atoms with van der Waals surface area (Å²) in [6.45, 7) is 9.99. The quantitative estimate of drug-likeness (QED) is 0.823. The fraction of sp³-hybridized carbons (Fsp3) is 0.765. The molecule has 2 atom stereocenters. The molecular weight excluding hydrogens is 260 g/mol. The maximum Gasteiger partial charge on any atom is 0.137 e. The number of aromatic nitrogens is 2. The highest BCUT2D eigenvalue weighted by atomic mass is 15.3. The Bertz CT molecular complexity index is 446. The van der Waals surface area contributed by atoms with Crippen molar-refractivity contribution in [1.29, 1.82) is 0 Å². The zero-order valence-electron chi connectivity index (χ0n) is 14.0. The highest BCUT2D eigenvalue weighted by Gasteiger charge is 2.32. The van der Waals surface area contributed by atoms with E-state index < -0.39 is 0 Å². The van der Waals surface area contributed by atoms with Crippen LogP contribution in [0.1, 0.15) is 65.4 Å². The van der Waals surface area contributed by atoms with Gasteiger partial charge in [-0.1, -0.05) is 27.2 Å². The van der Waals surface area contributed by atoms with Crippen molar-refractivity contribution in [1.82, 2.24) is 9.97 Å². The maximum absolute atomic E-state index is 4.67. The predicted molar refractivity (Wildman–Crippen MR) is 90.1 cm³/mol. The lowest BCUT2D eigenvalue weighted by Crippen LogP contribution is -2.36. The normalized spacial score (nSPS) is 21.8. The molecule has 0 radical (unpaired) electrons. The molecule has 2 rings (SSSR count). The summed E-state index contributed by atoms with van der Waals surface area (Å²) in [6.07, 6.45) is 8.75. The van der Waals surface area contributed by atoms with E-state index >= 15 is 0 Å². The van der Waals surface area contributed by atoms with Crippen LogP contribution in [0.25, 0.3) is 0 Å². The number of hydrogen-bond acceptors (Lipinski definition) is 4. The smallest absolute Gasteiger partial charge is 0.137 e. The van der Waals surface area contributed by atoms with E-state index in [4.69, 9.17) is 0 Å². The van der Waals surface area contributed by atoms with Gasteiger partial charge in [-0.05, 0) is 39.0 Å². The van der Waals surface area contributed by atoms with Crippen LogP contribution in [0.5, 0.6) is 0 Å². The summed E-state index contributed by atoms with van der Waals surface area (Å²) in [5, 5.41) is 3.48. The van der Waals surface area contributed by atoms with Crippen molar-refractivity contribution in [2.75, 3.05) is 16.8 Å². The minimum Gasteiger partial charge on any atom is -0.370 e. The molecule has 0 spiro atoms. The van der Waals surface area contributed by atoms with Crippen molar-refractivity contribution in [3.63, 3.8) is 0 Å². The van der Waals surface area contributed by atoms with Gasteiger partial charge in [0.2, 0.25) is 0 Å². The molecule has 1 aromatic heterocycles. The molecule has 0 amide bonds. The lowest BCUT2D eigenvalue weighted by atomic mass is 10.1. The van der Waals surface area contributed by atoms with Crippen LogP contribution in [-0.4, -0.2) is 28.6 Å². The van der Waals surface area contributed by atoms with E-state index in [1.165, 1.54) is 30.6 Å². The van der Waals surface area contributed by atoms with Crippen LogP contribution in [0.15, 0.2) is 6.33 Å². The van der Waals surface area contributed by atoms with Gasteiger partial charge < -0.3 is 10.2 Å². The molecule has 1 N–H and O–H groups in total. The van der Waals surface area contributed by atoms with Gasteiger partial charge in [0.25, 0.3) is 0 Å². The van der Waals surface area contributed by atoms with E-state index in [0.29, 0.717) is 12.1 Å². The summed E-state index contributed by atoms with van der Waals surface area (Å²) in [6, 6.07) is 1.21. The lowest BCUT2D eigenvalue weighted by molar-refractivity contribution is 0.616. The highest BCUT2D eigenvalue weighted by molar-refractivity contribution is 5.60. The van der Waals surface area contributed by atoms with Gasteiger partial charge in [0.15, 0.2) is 0 Å². The minimum absolute atomic E-state index is 0.583. The van der Waals surface area contributed by atoms with Gasteiger partial charge >= 0.3 is 0 Å². The first-order valence-corrected chi connectivity index (χ1v) is 8.58. The highest BCUT2D eigenvalue weighted by Crippen LogP contribution is 2.35. The summed E-state index contributed by atoms with van der Waals surface area (Å²) in [5.41, 5.74) is 1.31. The Balaban J connectivity index is 2.36. The Morgan fingerprint density at radius 3 is 2.67 bits per heavy atom. The summed E-state index contributed by atoms with van der Waals surface area (Å²) in [7, 11) is 0. The largest absolute Gasteiger partial charge is 0.370 e. The fourth-order valence-corrected chi connectivity index (χ4v) is 3.36. The number of nitrogens with zero attached hydrogens (tertiary/aromatic N) is 3. The molecule has 2 unspecified atom stereocenters. The average Bonchev–Trinajstić information content (AvgIpc) is 2.87. The van der Waals surface area contributed by atoms with Crippen molar-refractivity contribution in [2.24, 2.45) is 0 Å². The molecule has 2 heterocycles. The van der Waals surface area contributed by atoms with E-state index in [2.05, 4.69) is 47.9 Å². The van der Waals surface area contributed by atoms with Gasteiger partial charge in [0, 0.05) is 24.2 Å². The number of rotatable bonds is 7. The van der Waals surface area contributed by atoms with Crippen molar-refractivity contribution >= 4 is 11.6 Å². The second-order valence-electron chi connectivity index (χ2n) is 6.10. The monoisotopic (exact) mass is 290 g/mol. The van der Waals surface area contributed by atoms with Crippen LogP contribution in [-0.2, 0) is 6.42 Å². The van der Waals surface area contributed by atoms with Crippen LogP contribution in [0.3, 0.4) is 0 Å². The third kappa shape index (κ3) is 3.47. The zero-order valence-corrected chi connectivity index (χ0v) is 14.0. The van der Waals surface area contributed by atoms with E-state index in [9.17, 15) is 0 Å². The summed E-state index contributed by atoms with van der Waals surface area (Å²) < 4.78 is 0. The Kier molecular flexibility index (Phi) is 5.83. The first-order chi connectivity index (χ1) is 10.2. The summed E-state index contributed by atoms with van der Waals surface area (Å²) in [4.78, 5) is 11.7. The molecule has 4 heteroatoms. The Labute approximate surface area is 129 Å². The van der Waals surface area contributed by atoms with Crippen LogP contribution in [0, 0.1) is 0 Å². The topological polar surface area (TPSA) is 41.1 Å². The molecule has 4 nitrogen and oxygen atoms in total. The zero-order chi connectivity index (χ0) is 15.2. The van der Waals surface area contributed by atoms with Gasteiger partial charge in [0.1, 0.15) is 18.0 Å². The second-order valence-corrected chi connectivity index (χ2v) is 6.10. The standard InChI is InChI=1S/C17H30N4/c1-5-8-15-16(18-11-6-2)19-12-20-17(15)21-13(4)9-10-14(21)7-3/h12-14H,5-11H2,1-4H3,(H,18,19,20). The number of anilines is 2. The molecule has 0 aromatic carbocycles. The third-order valence-corrected chi connectivity index (χ3v) is 4.47. The third-order valence-electron chi connectivity index (χ3n) is 4.47. The van der Waals surface area contributed by atoms with Gasteiger partial charge in [-0.25, -0.2) is 9.97 Å². The van der Waals surface area contributed by atoms with Crippen molar-refractivity contribution in [3.8, 4) is 0 Å². The van der Waals surface area contributed by atoms with E-state index in [1.807, 2.05) is 0 Å². The number of hydrogen-bond donors (Lipinski definition) is 1. The summed E-state index contributed by atoms with van der Waals surface area (Å²) >= 11 is 0. The van der Waals surface area contributed by atoms with Crippen LogP contribution < -0.4 is 10.2 Å². The number of nitrogens with one attached hydrogen (secondary N) is 1. The van der Waals surface area contributed by atoms with Gasteiger partial charge in [0.05, 0.1) is 0 Å². The van der Waals surface area contributed by atoms with Gasteiger partial charge in [-0.3, -0.25) is 0 Å². The molecular formula is C17H30N4. The Morgan fingerprint density at radius 2 is 2.00 bits per heavy atom. The van der Waals surface area contributed by atoms with E-state index in [0.717, 1.165) is 31.6 Å². The molecule has 0 bridgehead atoms. The molecule has 118 valence electrons. The SMILES string of the molecule is CCCNc1ncnc(N2C(C)CCC2CC)c1CCC. The van der Waals surface area contributed by atoms with Crippen LogP contribution in [0.4, 0.5) is 11.6 Å². The van der Waals surface area contributed by atoms with Gasteiger partial charge in [-0.15, -0.1) is 0 Å². The van der Waals surface area contributed by atoms with Crippen molar-refractivity contribution in [3.05, 3.63) is 11.9 Å². The van der Waals surface area contributed by atoms with Crippen molar-refractivity contribution < 1.29 is 0 Å². The lowest BCUT2D eigenvalue weighted by Gasteiger charge is -2.31. The molecule has 0 saturated carbocycles. The van der Waals surface area contributed by atoms with Crippen LogP contribution >= 0.6 is 0 Å². The fourth-order valence-electron chi connectivity index (χ4n) is 3.36. The second kappa shape index (κ2) is 7.62. The first kappa shape index (κ1) is 16.1. The first-order valence-electron chi connectivity index (χ1n) is 8.58. The molecule has 21 heavy (non-hydrogen) atoms. The molecule has 1 saturated heterocycles. The van der Waals surface area contributed by atoms with E-state index in [-0.39, 0.29) is 0 Å². The molecule has 1 fully saturated rings. The molecule has 0 aliphatic carbocycles. The Morgan fingerprint density at radius 1 is 1.19 bits per heavy atom. The molecule has 1 aromatic rings. The van der Waals surface area contributed by atoms with Crippen molar-refractivity contribution in [2.45, 2.75) is 78.3 Å². The molecule has 1 aliphatic rings. The minimum atomic E-state index is 0.583. The average molecular weight is 290 g/mol. The van der Waals surface area contributed by atoms with Gasteiger partial charge in [-0.2, -0.15) is 0 Å². The summed E-state index contributed by atoms with van der Waals surface area (Å²) in [5.74, 6) is 2.21. The molecule has 1 aliphatic heterocycles. The predicted octanol–water partition coefficient (Wildman–Crippen LogP) is 4.02. The van der Waals surface area contributed by atoms with Crippen LogP contribution in [0.2, 0.25) is 0 Å².